The summed E-state index contributed by atoms with van der Waals surface area (Å²) in [6, 6.07) is 0. The summed E-state index contributed by atoms with van der Waals surface area (Å²) in [7, 11) is 0. The second-order valence-corrected chi connectivity index (χ2v) is 4.13. The van der Waals surface area contributed by atoms with Crippen molar-refractivity contribution >= 4 is 11.9 Å². The first-order valence-electron chi connectivity index (χ1n) is 5.45. The van der Waals surface area contributed by atoms with Gasteiger partial charge < -0.3 is 21.3 Å². The fourth-order valence-electron chi connectivity index (χ4n) is 2.08. The quantitative estimate of drug-likeness (QED) is 0.480. The Morgan fingerprint density at radius 3 is 2.69 bits per heavy atom. The molecule has 3 atom stereocenters. The van der Waals surface area contributed by atoms with E-state index in [2.05, 4.69) is 5.32 Å². The predicted molar refractivity (Wildman–Crippen MR) is 56.5 cm³/mol. The highest BCUT2D eigenvalue weighted by atomic mass is 16.4. The number of carbonyl (C=O) groups is 2. The van der Waals surface area contributed by atoms with Crippen LogP contribution in [0.4, 0.5) is 0 Å². The van der Waals surface area contributed by atoms with Gasteiger partial charge in [-0.15, -0.1) is 0 Å². The molecule has 92 valence electrons. The van der Waals surface area contributed by atoms with Gasteiger partial charge in [-0.25, -0.2) is 4.79 Å². The Labute approximate surface area is 93.8 Å². The van der Waals surface area contributed by atoms with Gasteiger partial charge in [0.1, 0.15) is 0 Å². The highest BCUT2D eigenvalue weighted by Crippen LogP contribution is 2.30. The molecule has 0 aromatic carbocycles. The Hall–Kier alpha value is -1.14. The van der Waals surface area contributed by atoms with E-state index in [9.17, 15) is 9.59 Å². The minimum atomic E-state index is -1.54. The summed E-state index contributed by atoms with van der Waals surface area (Å²) in [6.07, 6.45) is 1.16. The number of aliphatic carboxylic acids is 1. The molecular weight excluding hydrogens is 212 g/mol. The Balaban J connectivity index is 2.37. The van der Waals surface area contributed by atoms with E-state index in [1.165, 1.54) is 0 Å². The van der Waals surface area contributed by atoms with Crippen molar-refractivity contribution in [2.45, 2.75) is 25.4 Å². The van der Waals surface area contributed by atoms with E-state index >= 15 is 0 Å². The Morgan fingerprint density at radius 1 is 1.44 bits per heavy atom. The van der Waals surface area contributed by atoms with Crippen LogP contribution in [0.5, 0.6) is 0 Å². The van der Waals surface area contributed by atoms with Crippen molar-refractivity contribution in [1.82, 2.24) is 5.32 Å². The maximum Gasteiger partial charge on any atom is 0.334 e. The first kappa shape index (κ1) is 12.9. The van der Waals surface area contributed by atoms with Gasteiger partial charge >= 0.3 is 5.97 Å². The number of hydrogen-bond acceptors (Lipinski definition) is 4. The zero-order valence-corrected chi connectivity index (χ0v) is 9.06. The number of aliphatic hydroxyl groups excluding tert-OH is 1. The summed E-state index contributed by atoms with van der Waals surface area (Å²) in [5, 5.41) is 19.9. The summed E-state index contributed by atoms with van der Waals surface area (Å²) < 4.78 is 0. The predicted octanol–water partition coefficient (Wildman–Crippen LogP) is -1.08. The molecule has 0 aliphatic heterocycles. The molecule has 1 fully saturated rings. The SMILES string of the molecule is NCC1CCCC1C(=O)NCC(O)C(=O)O. The summed E-state index contributed by atoms with van der Waals surface area (Å²) >= 11 is 0. The molecule has 1 saturated carbocycles. The van der Waals surface area contributed by atoms with Gasteiger partial charge in [-0.1, -0.05) is 6.42 Å². The van der Waals surface area contributed by atoms with Crippen LogP contribution < -0.4 is 11.1 Å². The molecule has 1 aliphatic rings. The second-order valence-electron chi connectivity index (χ2n) is 4.13. The van der Waals surface area contributed by atoms with Crippen LogP contribution in [0.3, 0.4) is 0 Å². The minimum Gasteiger partial charge on any atom is -0.479 e. The molecule has 0 aromatic heterocycles. The van der Waals surface area contributed by atoms with Gasteiger partial charge in [0.2, 0.25) is 5.91 Å². The van der Waals surface area contributed by atoms with Gasteiger partial charge in [0, 0.05) is 5.92 Å². The van der Waals surface area contributed by atoms with E-state index in [0.717, 1.165) is 19.3 Å². The molecule has 1 aliphatic carbocycles. The first-order chi connectivity index (χ1) is 7.56. The lowest BCUT2D eigenvalue weighted by atomic mass is 9.95. The molecule has 6 nitrogen and oxygen atoms in total. The number of rotatable bonds is 5. The molecule has 0 spiro atoms. The zero-order valence-electron chi connectivity index (χ0n) is 9.06. The van der Waals surface area contributed by atoms with E-state index in [4.69, 9.17) is 15.9 Å². The molecule has 0 bridgehead atoms. The van der Waals surface area contributed by atoms with Crippen LogP contribution in [0.2, 0.25) is 0 Å². The third kappa shape index (κ3) is 3.18. The van der Waals surface area contributed by atoms with Crippen molar-refractivity contribution in [3.63, 3.8) is 0 Å². The van der Waals surface area contributed by atoms with Crippen LogP contribution >= 0.6 is 0 Å². The smallest absolute Gasteiger partial charge is 0.334 e. The van der Waals surface area contributed by atoms with Crippen LogP contribution in [0.25, 0.3) is 0 Å². The van der Waals surface area contributed by atoms with E-state index in [1.807, 2.05) is 0 Å². The van der Waals surface area contributed by atoms with Gasteiger partial charge in [-0.05, 0) is 25.3 Å². The fourth-order valence-corrected chi connectivity index (χ4v) is 2.08. The molecule has 0 radical (unpaired) electrons. The van der Waals surface area contributed by atoms with Gasteiger partial charge in [0.05, 0.1) is 6.54 Å². The van der Waals surface area contributed by atoms with Crippen molar-refractivity contribution in [1.29, 1.82) is 0 Å². The summed E-state index contributed by atoms with van der Waals surface area (Å²) in [6.45, 7) is 0.224. The maximum absolute atomic E-state index is 11.7. The van der Waals surface area contributed by atoms with Gasteiger partial charge in [0.15, 0.2) is 6.10 Å². The first-order valence-corrected chi connectivity index (χ1v) is 5.45. The minimum absolute atomic E-state index is 0.133. The average molecular weight is 230 g/mol. The van der Waals surface area contributed by atoms with E-state index < -0.39 is 12.1 Å². The molecule has 3 unspecified atom stereocenters. The monoisotopic (exact) mass is 230 g/mol. The number of hydrogen-bond donors (Lipinski definition) is 4. The number of nitrogens with two attached hydrogens (primary N) is 1. The van der Waals surface area contributed by atoms with E-state index in [1.54, 1.807) is 0 Å². The fraction of sp³-hybridized carbons (Fsp3) is 0.800. The molecular formula is C10H18N2O4. The number of amides is 1. The average Bonchev–Trinajstić information content (AvgIpc) is 2.73. The van der Waals surface area contributed by atoms with Gasteiger partial charge in [-0.2, -0.15) is 0 Å². The molecule has 0 saturated heterocycles. The van der Waals surface area contributed by atoms with E-state index in [-0.39, 0.29) is 24.3 Å². The third-order valence-corrected chi connectivity index (χ3v) is 3.05. The van der Waals surface area contributed by atoms with Crippen molar-refractivity contribution in [2.75, 3.05) is 13.1 Å². The normalized spacial score (nSPS) is 26.4. The summed E-state index contributed by atoms with van der Waals surface area (Å²) in [5.74, 6) is -1.48. The van der Waals surface area contributed by atoms with E-state index in [0.29, 0.717) is 6.54 Å². The molecule has 5 N–H and O–H groups in total. The lowest BCUT2D eigenvalue weighted by molar-refractivity contribution is -0.146. The standard InChI is InChI=1S/C10H18N2O4/c11-4-6-2-1-3-7(6)9(14)12-5-8(13)10(15)16/h6-8,13H,1-5,11H2,(H,12,14)(H,15,16). The number of carboxylic acid groups (broad SMARTS) is 1. The lowest BCUT2D eigenvalue weighted by Crippen LogP contribution is -2.41. The van der Waals surface area contributed by atoms with Crippen LogP contribution in [0.1, 0.15) is 19.3 Å². The van der Waals surface area contributed by atoms with Crippen molar-refractivity contribution < 1.29 is 19.8 Å². The molecule has 0 aromatic rings. The van der Waals surface area contributed by atoms with Crippen LogP contribution in [-0.2, 0) is 9.59 Å². The Morgan fingerprint density at radius 2 is 2.12 bits per heavy atom. The lowest BCUT2D eigenvalue weighted by Gasteiger charge is -2.17. The zero-order chi connectivity index (χ0) is 12.1. The third-order valence-electron chi connectivity index (χ3n) is 3.05. The number of carboxylic acids is 1. The topological polar surface area (TPSA) is 113 Å². The number of nitrogens with one attached hydrogen (secondary N) is 1. The molecule has 1 amide bonds. The van der Waals surface area contributed by atoms with Crippen molar-refractivity contribution in [2.24, 2.45) is 17.6 Å². The summed E-state index contributed by atoms with van der Waals surface area (Å²) in [4.78, 5) is 22.0. The Bertz CT molecular complexity index is 270. The van der Waals surface area contributed by atoms with Gasteiger partial charge in [0.25, 0.3) is 0 Å². The number of aliphatic hydroxyl groups is 1. The highest BCUT2D eigenvalue weighted by molar-refractivity contribution is 5.80. The second kappa shape index (κ2) is 5.81. The highest BCUT2D eigenvalue weighted by Gasteiger charge is 2.32. The van der Waals surface area contributed by atoms with Crippen LogP contribution in [0.15, 0.2) is 0 Å². The number of carbonyl (C=O) groups excluding carboxylic acids is 1. The molecule has 1 rings (SSSR count). The van der Waals surface area contributed by atoms with Gasteiger partial charge in [-0.3, -0.25) is 4.79 Å². The van der Waals surface area contributed by atoms with Crippen LogP contribution in [0, 0.1) is 11.8 Å². The van der Waals surface area contributed by atoms with Crippen LogP contribution in [-0.4, -0.2) is 41.3 Å². The molecule has 6 heteroatoms. The largest absolute Gasteiger partial charge is 0.479 e. The molecule has 0 heterocycles. The van der Waals surface area contributed by atoms with Crippen molar-refractivity contribution in [3.8, 4) is 0 Å². The summed E-state index contributed by atoms with van der Waals surface area (Å²) in [5.41, 5.74) is 5.54. The maximum atomic E-state index is 11.7. The van der Waals surface area contributed by atoms with Crippen molar-refractivity contribution in [3.05, 3.63) is 0 Å². The Kier molecular flexibility index (Phi) is 4.70. The molecule has 16 heavy (non-hydrogen) atoms.